The minimum Gasteiger partial charge on any atom is -0.493 e. The van der Waals surface area contributed by atoms with Crippen molar-refractivity contribution in [2.45, 2.75) is 39.0 Å². The van der Waals surface area contributed by atoms with Crippen LogP contribution in [-0.2, 0) is 35.5 Å². The first-order chi connectivity index (χ1) is 18.5. The van der Waals surface area contributed by atoms with Crippen LogP contribution in [-0.4, -0.2) is 44.8 Å². The van der Waals surface area contributed by atoms with E-state index in [1.165, 1.54) is 11.1 Å². The van der Waals surface area contributed by atoms with Crippen molar-refractivity contribution >= 4 is 17.6 Å². The summed E-state index contributed by atoms with van der Waals surface area (Å²) in [5, 5.41) is 0.626. The van der Waals surface area contributed by atoms with Gasteiger partial charge in [0.25, 0.3) is 0 Å². The Labute approximate surface area is 228 Å². The smallest absolute Gasteiger partial charge is 0.344 e. The van der Waals surface area contributed by atoms with Gasteiger partial charge in [-0.25, -0.2) is 4.79 Å². The quantitative estimate of drug-likeness (QED) is 0.332. The molecule has 0 amide bonds. The van der Waals surface area contributed by atoms with E-state index in [0.717, 1.165) is 41.2 Å². The standard InChI is InChI=1S/C30H32ClNO6/c1-4-36-29(33)18-38-30-23-16-32-11-10-20-12-26(34-2)27(37-17-19-8-6-5-7-9-19)14-21(20)25(32)13-22(23)24(31)15-28(30)35-3/h5-9,12,14-15,25H,4,10-11,13,16-18H2,1-3H3. The second-order valence-electron chi connectivity index (χ2n) is 9.36. The minimum atomic E-state index is -0.421. The molecule has 200 valence electrons. The first-order valence-electron chi connectivity index (χ1n) is 12.8. The maximum atomic E-state index is 12.0. The van der Waals surface area contributed by atoms with Crippen molar-refractivity contribution in [2.75, 3.05) is 34.0 Å². The number of hydrogen-bond donors (Lipinski definition) is 0. The fraction of sp³-hybridized carbons (Fsp3) is 0.367. The molecule has 1 atom stereocenters. The molecular weight excluding hydrogens is 506 g/mol. The van der Waals surface area contributed by atoms with Gasteiger partial charge in [-0.1, -0.05) is 41.9 Å². The van der Waals surface area contributed by atoms with Crippen LogP contribution in [0.3, 0.4) is 0 Å². The van der Waals surface area contributed by atoms with Crippen molar-refractivity contribution in [3.05, 3.63) is 81.4 Å². The number of ether oxygens (including phenoxy) is 5. The monoisotopic (exact) mass is 537 g/mol. The summed E-state index contributed by atoms with van der Waals surface area (Å²) in [4.78, 5) is 14.4. The molecule has 0 bridgehead atoms. The van der Waals surface area contributed by atoms with Crippen molar-refractivity contribution < 1.29 is 28.5 Å². The van der Waals surface area contributed by atoms with E-state index in [1.54, 1.807) is 27.2 Å². The number of hydrogen-bond acceptors (Lipinski definition) is 7. The lowest BCUT2D eigenvalue weighted by Crippen LogP contribution is -2.39. The average Bonchev–Trinajstić information content (AvgIpc) is 2.94. The van der Waals surface area contributed by atoms with Crippen LogP contribution in [0.25, 0.3) is 0 Å². The maximum absolute atomic E-state index is 12.0. The highest BCUT2D eigenvalue weighted by Crippen LogP contribution is 2.48. The van der Waals surface area contributed by atoms with Crippen LogP contribution in [0, 0.1) is 0 Å². The molecule has 0 saturated heterocycles. The van der Waals surface area contributed by atoms with Crippen LogP contribution < -0.4 is 18.9 Å². The number of carbonyl (C=O) groups is 1. The predicted octanol–water partition coefficient (Wildman–Crippen LogP) is 5.53. The van der Waals surface area contributed by atoms with E-state index < -0.39 is 5.97 Å². The fourth-order valence-corrected chi connectivity index (χ4v) is 5.61. The Hall–Kier alpha value is -3.42. The SMILES string of the molecule is CCOC(=O)COc1c(OC)cc(Cl)c2c1CN1CCc3cc(OC)c(OCc4ccccc4)cc3C1C2. The number of nitrogens with zero attached hydrogens (tertiary/aromatic N) is 1. The molecule has 2 aliphatic rings. The highest BCUT2D eigenvalue weighted by molar-refractivity contribution is 6.31. The van der Waals surface area contributed by atoms with Gasteiger partial charge < -0.3 is 23.7 Å². The molecule has 0 saturated carbocycles. The van der Waals surface area contributed by atoms with Crippen LogP contribution in [0.4, 0.5) is 0 Å². The molecule has 0 fully saturated rings. The number of rotatable bonds is 9. The molecular formula is C30H32ClNO6. The second-order valence-corrected chi connectivity index (χ2v) is 9.76. The number of methoxy groups -OCH3 is 2. The Balaban J connectivity index is 1.46. The highest BCUT2D eigenvalue weighted by Gasteiger charge is 2.36. The largest absolute Gasteiger partial charge is 0.493 e. The van der Waals surface area contributed by atoms with Gasteiger partial charge in [-0.05, 0) is 54.2 Å². The molecule has 0 spiro atoms. The summed E-state index contributed by atoms with van der Waals surface area (Å²) >= 11 is 6.77. The zero-order valence-electron chi connectivity index (χ0n) is 21.9. The third-order valence-electron chi connectivity index (χ3n) is 7.16. The van der Waals surface area contributed by atoms with Gasteiger partial charge in [0.05, 0.1) is 20.8 Å². The maximum Gasteiger partial charge on any atom is 0.344 e. The molecule has 3 aromatic carbocycles. The second kappa shape index (κ2) is 11.5. The lowest BCUT2D eigenvalue weighted by atomic mass is 9.83. The van der Waals surface area contributed by atoms with Gasteiger partial charge >= 0.3 is 5.97 Å². The first kappa shape index (κ1) is 26.2. The number of fused-ring (bicyclic) bond motifs is 4. The van der Waals surface area contributed by atoms with Crippen molar-refractivity contribution in [3.63, 3.8) is 0 Å². The Kier molecular flexibility index (Phi) is 7.95. The minimum absolute atomic E-state index is 0.125. The third kappa shape index (κ3) is 5.26. The van der Waals surface area contributed by atoms with Crippen LogP contribution >= 0.6 is 11.6 Å². The van der Waals surface area contributed by atoms with E-state index in [1.807, 2.05) is 30.3 Å². The molecule has 0 radical (unpaired) electrons. The number of halogens is 1. The van der Waals surface area contributed by atoms with E-state index in [9.17, 15) is 4.79 Å². The molecule has 2 aliphatic heterocycles. The molecule has 8 heteroatoms. The summed E-state index contributed by atoms with van der Waals surface area (Å²) in [5.74, 6) is 2.10. The Morgan fingerprint density at radius 3 is 2.53 bits per heavy atom. The zero-order chi connectivity index (χ0) is 26.6. The molecule has 0 N–H and O–H groups in total. The number of carbonyl (C=O) groups excluding carboxylic acids is 1. The molecule has 2 heterocycles. The van der Waals surface area contributed by atoms with Crippen LogP contribution in [0.2, 0.25) is 5.02 Å². The first-order valence-corrected chi connectivity index (χ1v) is 13.2. The summed E-state index contributed by atoms with van der Waals surface area (Å²) in [6, 6.07) is 16.2. The van der Waals surface area contributed by atoms with E-state index in [-0.39, 0.29) is 12.6 Å². The lowest BCUT2D eigenvalue weighted by molar-refractivity contribution is -0.145. The molecule has 5 rings (SSSR count). The van der Waals surface area contributed by atoms with E-state index in [4.69, 9.17) is 35.3 Å². The summed E-state index contributed by atoms with van der Waals surface area (Å²) in [5.41, 5.74) is 5.51. The van der Waals surface area contributed by atoms with Crippen molar-refractivity contribution in [1.82, 2.24) is 4.90 Å². The molecule has 3 aromatic rings. The Morgan fingerprint density at radius 2 is 1.79 bits per heavy atom. The molecule has 38 heavy (non-hydrogen) atoms. The van der Waals surface area contributed by atoms with Gasteiger partial charge in [0.15, 0.2) is 29.6 Å². The summed E-state index contributed by atoms with van der Waals surface area (Å²) in [7, 11) is 3.25. The van der Waals surface area contributed by atoms with E-state index in [2.05, 4.69) is 17.0 Å². The molecule has 0 aromatic heterocycles. The van der Waals surface area contributed by atoms with E-state index in [0.29, 0.717) is 42.7 Å². The number of benzene rings is 3. The molecule has 7 nitrogen and oxygen atoms in total. The highest BCUT2D eigenvalue weighted by atomic mass is 35.5. The molecule has 0 aliphatic carbocycles. The topological polar surface area (TPSA) is 66.5 Å². The summed E-state index contributed by atoms with van der Waals surface area (Å²) in [6.07, 6.45) is 1.58. The molecule has 1 unspecified atom stereocenters. The normalized spacial score (nSPS) is 16.1. The third-order valence-corrected chi connectivity index (χ3v) is 7.49. The van der Waals surface area contributed by atoms with Gasteiger partial charge in [-0.2, -0.15) is 0 Å². The van der Waals surface area contributed by atoms with Crippen molar-refractivity contribution in [3.8, 4) is 23.0 Å². The van der Waals surface area contributed by atoms with Gasteiger partial charge in [-0.3, -0.25) is 4.90 Å². The Morgan fingerprint density at radius 1 is 1.00 bits per heavy atom. The van der Waals surface area contributed by atoms with Crippen molar-refractivity contribution in [1.29, 1.82) is 0 Å². The predicted molar refractivity (Wildman–Crippen MR) is 144 cm³/mol. The van der Waals surface area contributed by atoms with E-state index >= 15 is 0 Å². The van der Waals surface area contributed by atoms with Gasteiger partial charge in [0.1, 0.15) is 6.61 Å². The summed E-state index contributed by atoms with van der Waals surface area (Å²) in [6.45, 7) is 3.84. The fourth-order valence-electron chi connectivity index (χ4n) is 5.32. The van der Waals surface area contributed by atoms with Crippen LogP contribution in [0.15, 0.2) is 48.5 Å². The van der Waals surface area contributed by atoms with Crippen LogP contribution in [0.5, 0.6) is 23.0 Å². The van der Waals surface area contributed by atoms with Gasteiger partial charge in [0.2, 0.25) is 0 Å². The average molecular weight is 538 g/mol. The lowest BCUT2D eigenvalue weighted by Gasteiger charge is -2.42. The van der Waals surface area contributed by atoms with Crippen LogP contribution in [0.1, 0.15) is 40.8 Å². The van der Waals surface area contributed by atoms with Gasteiger partial charge in [-0.15, -0.1) is 0 Å². The zero-order valence-corrected chi connectivity index (χ0v) is 22.7. The van der Waals surface area contributed by atoms with Crippen molar-refractivity contribution in [2.24, 2.45) is 0 Å². The number of esters is 1. The van der Waals surface area contributed by atoms with Gasteiger partial charge in [0, 0.05) is 35.8 Å². The Bertz CT molecular complexity index is 1310. The summed E-state index contributed by atoms with van der Waals surface area (Å²) < 4.78 is 28.5.